The van der Waals surface area contributed by atoms with Crippen molar-refractivity contribution >= 4 is 5.97 Å². The summed E-state index contributed by atoms with van der Waals surface area (Å²) in [5, 5.41) is 57.8. The van der Waals surface area contributed by atoms with Crippen molar-refractivity contribution in [2.75, 3.05) is 6.61 Å². The minimum Gasteiger partial charge on any atom is -0.433 e. The van der Waals surface area contributed by atoms with Crippen molar-refractivity contribution in [3.05, 3.63) is 0 Å². The molecule has 35 heavy (non-hydrogen) atoms. The largest absolute Gasteiger partial charge is 0.433 e. The van der Waals surface area contributed by atoms with Gasteiger partial charge in [0.1, 0.15) is 24.4 Å². The Morgan fingerprint density at radius 1 is 0.629 bits per heavy atom. The van der Waals surface area contributed by atoms with Crippen LogP contribution in [0.15, 0.2) is 0 Å². The van der Waals surface area contributed by atoms with Gasteiger partial charge >= 0.3 is 5.97 Å². The molecule has 8 heteroatoms. The Morgan fingerprint density at radius 2 is 1.06 bits per heavy atom. The number of carbonyl (C=O) groups excluding carboxylic acids is 1. The van der Waals surface area contributed by atoms with Crippen molar-refractivity contribution < 1.29 is 40.2 Å². The number of carbonyl (C=O) groups is 1. The summed E-state index contributed by atoms with van der Waals surface area (Å²) < 4.78 is 4.92. The van der Waals surface area contributed by atoms with E-state index in [1.165, 1.54) is 64.2 Å². The first kappa shape index (κ1) is 34.2. The van der Waals surface area contributed by atoms with Crippen LogP contribution in [0.1, 0.15) is 123 Å². The number of rotatable bonds is 24. The normalized spacial score (nSPS) is 16.9. The molecule has 8 nitrogen and oxygen atoms in total. The molecule has 0 aliphatic carbocycles. The van der Waals surface area contributed by atoms with E-state index in [9.17, 15) is 30.3 Å². The van der Waals surface area contributed by atoms with E-state index in [0.717, 1.165) is 38.5 Å². The maximum absolute atomic E-state index is 12.4. The molecule has 0 bridgehead atoms. The molecule has 0 aromatic carbocycles. The molecule has 0 saturated carbocycles. The van der Waals surface area contributed by atoms with Gasteiger partial charge in [0, 0.05) is 6.42 Å². The first-order valence-electron chi connectivity index (χ1n) is 14.0. The van der Waals surface area contributed by atoms with Crippen LogP contribution in [0.3, 0.4) is 0 Å². The minimum atomic E-state index is -2.05. The van der Waals surface area contributed by atoms with Gasteiger partial charge in [0.2, 0.25) is 6.29 Å². The Labute approximate surface area is 212 Å². The van der Waals surface area contributed by atoms with Crippen LogP contribution >= 0.6 is 0 Å². The fourth-order valence-electron chi connectivity index (χ4n) is 4.32. The molecule has 0 radical (unpaired) electrons. The van der Waals surface area contributed by atoms with E-state index in [2.05, 4.69) is 13.8 Å². The van der Waals surface area contributed by atoms with E-state index in [4.69, 9.17) is 9.84 Å². The Kier molecular flexibility index (Phi) is 21.9. The summed E-state index contributed by atoms with van der Waals surface area (Å²) in [6, 6.07) is 0. The van der Waals surface area contributed by atoms with E-state index in [-0.39, 0.29) is 12.3 Å². The Hall–Kier alpha value is -0.770. The Bertz CT molecular complexity index is 490. The summed E-state index contributed by atoms with van der Waals surface area (Å²) in [4.78, 5) is 12.4. The smallest absolute Gasteiger partial charge is 0.308 e. The zero-order chi connectivity index (χ0) is 26.5. The molecule has 210 valence electrons. The second-order valence-electron chi connectivity index (χ2n) is 9.99. The van der Waals surface area contributed by atoms with Crippen LogP contribution in [0.5, 0.6) is 0 Å². The van der Waals surface area contributed by atoms with Gasteiger partial charge in [-0.1, -0.05) is 104 Å². The van der Waals surface area contributed by atoms with Crippen molar-refractivity contribution in [2.45, 2.75) is 154 Å². The fourth-order valence-corrected chi connectivity index (χ4v) is 4.32. The number of aliphatic hydroxyl groups excluding tert-OH is 6. The average molecular weight is 507 g/mol. The lowest BCUT2D eigenvalue weighted by Gasteiger charge is -2.28. The second-order valence-corrected chi connectivity index (χ2v) is 9.99. The zero-order valence-electron chi connectivity index (χ0n) is 22.2. The zero-order valence-corrected chi connectivity index (χ0v) is 22.2. The fraction of sp³-hybridized carbons (Fsp3) is 0.963. The average Bonchev–Trinajstić information content (AvgIpc) is 2.85. The highest BCUT2D eigenvalue weighted by Crippen LogP contribution is 2.23. The predicted octanol–water partition coefficient (Wildman–Crippen LogP) is 3.57. The van der Waals surface area contributed by atoms with Crippen molar-refractivity contribution in [3.63, 3.8) is 0 Å². The molecular formula is C27H54O8. The molecule has 0 amide bonds. The first-order chi connectivity index (χ1) is 16.8. The number of unbranched alkanes of at least 4 members (excludes halogenated alkanes) is 12. The van der Waals surface area contributed by atoms with Crippen molar-refractivity contribution in [1.29, 1.82) is 0 Å². The highest BCUT2D eigenvalue weighted by Gasteiger charge is 2.36. The van der Waals surface area contributed by atoms with Crippen LogP contribution in [-0.2, 0) is 9.53 Å². The van der Waals surface area contributed by atoms with Gasteiger partial charge in [-0.25, -0.2) is 0 Å². The number of ether oxygens (including phenoxy) is 1. The summed E-state index contributed by atoms with van der Waals surface area (Å²) >= 11 is 0. The minimum absolute atomic E-state index is 0.118. The summed E-state index contributed by atoms with van der Waals surface area (Å²) in [5.74, 6) is -0.540. The SMILES string of the molecule is CCCCCCCCCCC(CCCCCCCC)CC(=O)OC(O)[C@H](O)[C@@H](O)[C@H](O)[C@H](O)CO. The van der Waals surface area contributed by atoms with Crippen molar-refractivity contribution in [1.82, 2.24) is 0 Å². The van der Waals surface area contributed by atoms with Crippen LogP contribution in [0.4, 0.5) is 0 Å². The highest BCUT2D eigenvalue weighted by molar-refractivity contribution is 5.69. The second kappa shape index (κ2) is 22.4. The lowest BCUT2D eigenvalue weighted by Crippen LogP contribution is -2.51. The molecule has 0 aromatic heterocycles. The molecule has 0 fully saturated rings. The van der Waals surface area contributed by atoms with Crippen molar-refractivity contribution in [2.24, 2.45) is 5.92 Å². The number of hydrogen-bond donors (Lipinski definition) is 6. The lowest BCUT2D eigenvalue weighted by molar-refractivity contribution is -0.214. The molecule has 0 spiro atoms. The molecule has 0 aliphatic heterocycles. The number of hydrogen-bond acceptors (Lipinski definition) is 8. The standard InChI is InChI=1S/C27H54O8/c1-3-5-7-9-11-12-14-16-18-21(17-15-13-10-8-6-4-2)19-23(30)35-27(34)26(33)25(32)24(31)22(29)20-28/h21-22,24-29,31-34H,3-20H2,1-2H3/t21?,22-,24-,25+,26-,27?/m1/s1. The van der Waals surface area contributed by atoms with Gasteiger partial charge in [-0.15, -0.1) is 0 Å². The summed E-state index contributed by atoms with van der Waals surface area (Å²) in [6.45, 7) is 3.56. The Balaban J connectivity index is 4.57. The molecule has 0 aliphatic rings. The maximum Gasteiger partial charge on any atom is 0.308 e. The van der Waals surface area contributed by atoms with E-state index < -0.39 is 43.3 Å². The molecule has 2 unspecified atom stereocenters. The van der Waals surface area contributed by atoms with E-state index in [0.29, 0.717) is 0 Å². The third-order valence-corrected chi connectivity index (χ3v) is 6.71. The van der Waals surface area contributed by atoms with Gasteiger partial charge < -0.3 is 35.4 Å². The molecule has 6 atom stereocenters. The molecule has 0 heterocycles. The highest BCUT2D eigenvalue weighted by atomic mass is 16.6. The van der Waals surface area contributed by atoms with E-state index in [1.807, 2.05) is 0 Å². The first-order valence-corrected chi connectivity index (χ1v) is 14.0. The van der Waals surface area contributed by atoms with Crippen LogP contribution in [0.2, 0.25) is 0 Å². The van der Waals surface area contributed by atoms with Crippen LogP contribution in [0.25, 0.3) is 0 Å². The summed E-state index contributed by atoms with van der Waals surface area (Å²) in [7, 11) is 0. The van der Waals surface area contributed by atoms with Crippen LogP contribution in [0, 0.1) is 5.92 Å². The van der Waals surface area contributed by atoms with Gasteiger partial charge in [0.25, 0.3) is 0 Å². The quantitative estimate of drug-likeness (QED) is 0.0661. The van der Waals surface area contributed by atoms with E-state index in [1.54, 1.807) is 0 Å². The molecule has 0 aromatic rings. The third kappa shape index (κ3) is 17.3. The molecule has 6 N–H and O–H groups in total. The molecule has 0 rings (SSSR count). The third-order valence-electron chi connectivity index (χ3n) is 6.71. The number of esters is 1. The number of aliphatic hydroxyl groups is 6. The van der Waals surface area contributed by atoms with Crippen molar-refractivity contribution in [3.8, 4) is 0 Å². The monoisotopic (exact) mass is 506 g/mol. The van der Waals surface area contributed by atoms with Crippen LogP contribution in [-0.4, -0.2) is 73.9 Å². The van der Waals surface area contributed by atoms with Gasteiger partial charge in [-0.3, -0.25) is 4.79 Å². The summed E-state index contributed by atoms with van der Waals surface area (Å²) in [6.07, 6.45) is 9.01. The predicted molar refractivity (Wildman–Crippen MR) is 137 cm³/mol. The van der Waals surface area contributed by atoms with Gasteiger partial charge in [0.15, 0.2) is 0 Å². The summed E-state index contributed by atoms with van der Waals surface area (Å²) in [5.41, 5.74) is 0. The topological polar surface area (TPSA) is 148 Å². The molecular weight excluding hydrogens is 452 g/mol. The molecule has 0 saturated heterocycles. The van der Waals surface area contributed by atoms with Gasteiger partial charge in [-0.2, -0.15) is 0 Å². The maximum atomic E-state index is 12.4. The van der Waals surface area contributed by atoms with E-state index >= 15 is 0 Å². The van der Waals surface area contributed by atoms with Crippen LogP contribution < -0.4 is 0 Å². The Morgan fingerprint density at radius 3 is 1.49 bits per heavy atom. The van der Waals surface area contributed by atoms with Gasteiger partial charge in [-0.05, 0) is 18.8 Å². The lowest BCUT2D eigenvalue weighted by atomic mass is 9.91. The van der Waals surface area contributed by atoms with Gasteiger partial charge in [0.05, 0.1) is 6.61 Å².